The maximum Gasteiger partial charge on any atom is 0.329 e. The van der Waals surface area contributed by atoms with Crippen molar-refractivity contribution in [1.82, 2.24) is 4.90 Å². The molecule has 3 aromatic carbocycles. The molecule has 0 radical (unpaired) electrons. The van der Waals surface area contributed by atoms with Gasteiger partial charge in [-0.25, -0.2) is 4.79 Å². The zero-order valence-electron chi connectivity index (χ0n) is 30.1. The van der Waals surface area contributed by atoms with Crippen molar-refractivity contribution in [1.29, 1.82) is 0 Å². The summed E-state index contributed by atoms with van der Waals surface area (Å²) in [6.07, 6.45) is 3.04. The van der Waals surface area contributed by atoms with Gasteiger partial charge in [-0.1, -0.05) is 31.2 Å². The Kier molecular flexibility index (Phi) is 13.4. The Morgan fingerprint density at radius 2 is 1.47 bits per heavy atom. The molecule has 4 rings (SSSR count). The van der Waals surface area contributed by atoms with Gasteiger partial charge in [0.1, 0.15) is 17.9 Å². The van der Waals surface area contributed by atoms with E-state index in [2.05, 4.69) is 0 Å². The van der Waals surface area contributed by atoms with E-state index in [-0.39, 0.29) is 12.0 Å². The zero-order chi connectivity index (χ0) is 35.5. The normalized spacial score (nSPS) is 15.6. The van der Waals surface area contributed by atoms with Gasteiger partial charge in [-0.3, -0.25) is 4.79 Å². The molecular formula is C39H51NO9. The number of likely N-dealkylation sites (tertiary alicyclic amines) is 1. The number of esters is 1. The van der Waals surface area contributed by atoms with Gasteiger partial charge in [-0.05, 0) is 93.8 Å². The van der Waals surface area contributed by atoms with Gasteiger partial charge < -0.3 is 38.1 Å². The van der Waals surface area contributed by atoms with Gasteiger partial charge >= 0.3 is 5.97 Å². The predicted molar refractivity (Wildman–Crippen MR) is 187 cm³/mol. The van der Waals surface area contributed by atoms with Crippen molar-refractivity contribution in [2.45, 2.75) is 83.5 Å². The van der Waals surface area contributed by atoms with Crippen LogP contribution in [-0.4, -0.2) is 71.0 Å². The van der Waals surface area contributed by atoms with Gasteiger partial charge in [0.2, 0.25) is 11.7 Å². The van der Waals surface area contributed by atoms with E-state index in [1.54, 1.807) is 52.6 Å². The van der Waals surface area contributed by atoms with Gasteiger partial charge in [0.15, 0.2) is 23.0 Å². The van der Waals surface area contributed by atoms with Gasteiger partial charge in [-0.15, -0.1) is 0 Å². The van der Waals surface area contributed by atoms with Gasteiger partial charge in [-0.2, -0.15) is 0 Å². The van der Waals surface area contributed by atoms with Crippen molar-refractivity contribution >= 4 is 11.9 Å². The van der Waals surface area contributed by atoms with Crippen LogP contribution in [0.3, 0.4) is 0 Å². The lowest BCUT2D eigenvalue weighted by molar-refractivity contribution is -0.162. The van der Waals surface area contributed by atoms with Crippen LogP contribution in [0.1, 0.15) is 81.6 Å². The summed E-state index contributed by atoms with van der Waals surface area (Å²) >= 11 is 0. The number of hydrogen-bond donors (Lipinski definition) is 0. The van der Waals surface area contributed by atoms with Gasteiger partial charge in [0.25, 0.3) is 0 Å². The number of carbonyl (C=O) groups is 2. The van der Waals surface area contributed by atoms with Crippen LogP contribution >= 0.6 is 0 Å². The highest BCUT2D eigenvalue weighted by Gasteiger charge is 2.38. The van der Waals surface area contributed by atoms with Crippen LogP contribution in [0.25, 0.3) is 0 Å². The molecule has 266 valence electrons. The Bertz CT molecular complexity index is 1530. The monoisotopic (exact) mass is 677 g/mol. The lowest BCUT2D eigenvalue weighted by Gasteiger charge is -2.37. The van der Waals surface area contributed by atoms with E-state index in [1.807, 2.05) is 63.2 Å². The SMILES string of the molecule is CC[C@H](C(=O)N1CCCC[C@H]1C(=O)O[C@H](CCc1ccc(OC)c(OC)c1)c1ccccc1OC(C)C)c1cc(OC)c(OC)c(OC)c1. The molecule has 10 heteroatoms. The molecule has 0 N–H and O–H groups in total. The molecule has 49 heavy (non-hydrogen) atoms. The Morgan fingerprint density at radius 1 is 0.796 bits per heavy atom. The van der Waals surface area contributed by atoms with E-state index in [4.69, 9.17) is 33.2 Å². The Balaban J connectivity index is 1.63. The average Bonchev–Trinajstić information content (AvgIpc) is 3.12. The zero-order valence-corrected chi connectivity index (χ0v) is 30.1. The number of ether oxygens (including phenoxy) is 7. The predicted octanol–water partition coefficient (Wildman–Crippen LogP) is 7.31. The third-order valence-electron chi connectivity index (χ3n) is 8.88. The summed E-state index contributed by atoms with van der Waals surface area (Å²) < 4.78 is 40.1. The molecule has 0 aliphatic carbocycles. The molecule has 0 spiro atoms. The van der Waals surface area contributed by atoms with E-state index < -0.39 is 24.0 Å². The van der Waals surface area contributed by atoms with Crippen molar-refractivity contribution in [3.63, 3.8) is 0 Å². The molecule has 0 unspecified atom stereocenters. The van der Waals surface area contributed by atoms with E-state index in [9.17, 15) is 9.59 Å². The molecule has 3 aromatic rings. The van der Waals surface area contributed by atoms with Crippen LogP contribution in [0.4, 0.5) is 0 Å². The van der Waals surface area contributed by atoms with Crippen LogP contribution in [0.5, 0.6) is 34.5 Å². The number of piperidine rings is 1. The first-order valence-corrected chi connectivity index (χ1v) is 17.0. The number of carbonyl (C=O) groups excluding carboxylic acids is 2. The number of hydrogen-bond acceptors (Lipinski definition) is 9. The summed E-state index contributed by atoms with van der Waals surface area (Å²) in [6.45, 7) is 6.35. The fourth-order valence-corrected chi connectivity index (χ4v) is 6.43. The summed E-state index contributed by atoms with van der Waals surface area (Å²) in [6, 6.07) is 16.3. The average molecular weight is 678 g/mol. The van der Waals surface area contributed by atoms with E-state index in [1.165, 1.54) is 0 Å². The molecule has 1 heterocycles. The summed E-state index contributed by atoms with van der Waals surface area (Å²) in [5, 5.41) is 0. The molecule has 0 saturated carbocycles. The lowest BCUT2D eigenvalue weighted by atomic mass is 9.91. The Morgan fingerprint density at radius 3 is 2.08 bits per heavy atom. The number of aryl methyl sites for hydroxylation is 1. The molecule has 1 amide bonds. The van der Waals surface area contributed by atoms with Crippen LogP contribution < -0.4 is 28.4 Å². The summed E-state index contributed by atoms with van der Waals surface area (Å²) in [7, 11) is 7.85. The lowest BCUT2D eigenvalue weighted by Crippen LogP contribution is -2.50. The van der Waals surface area contributed by atoms with Crippen molar-refractivity contribution in [2.75, 3.05) is 42.1 Å². The molecule has 0 bridgehead atoms. The van der Waals surface area contributed by atoms with Gasteiger partial charge in [0.05, 0.1) is 47.6 Å². The minimum Gasteiger partial charge on any atom is -0.493 e. The Labute approximate surface area is 290 Å². The number of rotatable bonds is 16. The molecule has 3 atom stereocenters. The maximum atomic E-state index is 14.3. The van der Waals surface area contributed by atoms with Crippen molar-refractivity contribution < 1.29 is 42.7 Å². The van der Waals surface area contributed by atoms with Crippen LogP contribution in [-0.2, 0) is 20.7 Å². The van der Waals surface area contributed by atoms with Crippen LogP contribution in [0.2, 0.25) is 0 Å². The fourth-order valence-electron chi connectivity index (χ4n) is 6.43. The molecule has 10 nitrogen and oxygen atoms in total. The van der Waals surface area contributed by atoms with Crippen LogP contribution in [0, 0.1) is 0 Å². The highest BCUT2D eigenvalue weighted by atomic mass is 16.6. The van der Waals surface area contributed by atoms with Gasteiger partial charge in [0, 0.05) is 12.1 Å². The van der Waals surface area contributed by atoms with E-state index in [0.717, 1.165) is 29.5 Å². The van der Waals surface area contributed by atoms with Crippen molar-refractivity contribution in [3.8, 4) is 34.5 Å². The number of benzene rings is 3. The second-order valence-electron chi connectivity index (χ2n) is 12.3. The van der Waals surface area contributed by atoms with Crippen molar-refractivity contribution in [3.05, 3.63) is 71.3 Å². The minimum atomic E-state index is -0.723. The van der Waals surface area contributed by atoms with E-state index >= 15 is 0 Å². The summed E-state index contributed by atoms with van der Waals surface area (Å²) in [4.78, 5) is 30.2. The number of para-hydroxylation sites is 1. The molecule has 0 aromatic heterocycles. The minimum absolute atomic E-state index is 0.0732. The molecule has 1 fully saturated rings. The number of methoxy groups -OCH3 is 5. The third-order valence-corrected chi connectivity index (χ3v) is 8.88. The molecule has 1 saturated heterocycles. The molecule has 1 aliphatic rings. The Hall–Kier alpha value is -4.60. The quantitative estimate of drug-likeness (QED) is 0.145. The fraction of sp³-hybridized carbons (Fsp3) is 0.487. The summed E-state index contributed by atoms with van der Waals surface area (Å²) in [5.41, 5.74) is 2.52. The topological polar surface area (TPSA) is 102 Å². The summed E-state index contributed by atoms with van der Waals surface area (Å²) in [5.74, 6) is 2.24. The molecular weight excluding hydrogens is 626 g/mol. The van der Waals surface area contributed by atoms with Crippen LogP contribution in [0.15, 0.2) is 54.6 Å². The third kappa shape index (κ3) is 8.90. The first kappa shape index (κ1) is 37.2. The number of amides is 1. The highest BCUT2D eigenvalue weighted by Crippen LogP contribution is 2.42. The van der Waals surface area contributed by atoms with Crippen molar-refractivity contribution in [2.24, 2.45) is 0 Å². The first-order valence-electron chi connectivity index (χ1n) is 17.0. The largest absolute Gasteiger partial charge is 0.493 e. The second-order valence-corrected chi connectivity index (χ2v) is 12.3. The standard InChI is InChI=1S/C39H51NO9/c1-9-28(27-23-35(45-6)37(47-8)36(24-27)46-7)38(41)40-21-13-12-15-30(40)39(42)49-32(29-14-10-11-16-31(29)48-25(2)3)19-17-26-18-20-33(43-4)34(22-26)44-5/h10-11,14,16,18,20,22-25,28,30,32H,9,12-13,15,17,19,21H2,1-8H3/t28-,30-,32+/m0/s1. The first-order chi connectivity index (χ1) is 23.7. The number of nitrogens with zero attached hydrogens (tertiary/aromatic N) is 1. The second kappa shape index (κ2) is 17.7. The smallest absolute Gasteiger partial charge is 0.329 e. The molecule has 1 aliphatic heterocycles. The maximum absolute atomic E-state index is 14.3. The van der Waals surface area contributed by atoms with E-state index in [0.29, 0.717) is 66.7 Å². The highest BCUT2D eigenvalue weighted by molar-refractivity contribution is 5.89.